The van der Waals surface area contributed by atoms with Gasteiger partial charge in [-0.05, 0) is 24.0 Å². The molecule has 144 valence electrons. The van der Waals surface area contributed by atoms with Crippen molar-refractivity contribution in [1.29, 1.82) is 0 Å². The molecule has 2 aromatic carbocycles. The van der Waals surface area contributed by atoms with Crippen molar-refractivity contribution in [2.45, 2.75) is 38.8 Å². The van der Waals surface area contributed by atoms with Crippen molar-refractivity contribution in [1.82, 2.24) is 14.9 Å². The predicted octanol–water partition coefficient (Wildman–Crippen LogP) is 3.99. The van der Waals surface area contributed by atoms with Crippen LogP contribution in [0.4, 0.5) is 0 Å². The van der Waals surface area contributed by atoms with E-state index in [9.17, 15) is 9.59 Å². The van der Waals surface area contributed by atoms with Crippen LogP contribution in [0.25, 0.3) is 0 Å². The van der Waals surface area contributed by atoms with E-state index < -0.39 is 0 Å². The van der Waals surface area contributed by atoms with E-state index in [-0.39, 0.29) is 11.7 Å². The first-order valence-corrected chi connectivity index (χ1v) is 9.59. The third kappa shape index (κ3) is 6.20. The predicted molar refractivity (Wildman–Crippen MR) is 109 cm³/mol. The lowest BCUT2D eigenvalue weighted by atomic mass is 10.0. The molecule has 1 heterocycles. The number of rotatable bonds is 10. The zero-order chi connectivity index (χ0) is 19.6. The maximum absolute atomic E-state index is 12.0. The number of aromatic nitrogens is 2. The molecule has 0 fully saturated rings. The van der Waals surface area contributed by atoms with Crippen molar-refractivity contribution in [3.8, 4) is 0 Å². The van der Waals surface area contributed by atoms with E-state index in [0.29, 0.717) is 25.8 Å². The molecule has 0 saturated heterocycles. The van der Waals surface area contributed by atoms with Gasteiger partial charge in [-0.1, -0.05) is 54.6 Å². The molecule has 0 aliphatic rings. The minimum atomic E-state index is 0.0228. The maximum atomic E-state index is 12.0. The SMILES string of the molecule is O=C(CCCCC(=O)c1ccccc1)NCc1ccc(Cn2ccnc2)cc1. The molecule has 5 nitrogen and oxygen atoms in total. The molecule has 1 aromatic heterocycles. The summed E-state index contributed by atoms with van der Waals surface area (Å²) in [5.41, 5.74) is 3.00. The fraction of sp³-hybridized carbons (Fsp3) is 0.261. The number of amides is 1. The number of hydrogen-bond acceptors (Lipinski definition) is 3. The van der Waals surface area contributed by atoms with Crippen LogP contribution in [-0.2, 0) is 17.9 Å². The number of ketones is 1. The highest BCUT2D eigenvalue weighted by Gasteiger charge is 2.06. The molecule has 0 bridgehead atoms. The normalized spacial score (nSPS) is 10.6. The number of nitrogens with zero attached hydrogens (tertiary/aromatic N) is 2. The number of Topliss-reactive ketones (excluding diaryl/α,β-unsaturated/α-hetero) is 1. The van der Waals surface area contributed by atoms with Crippen LogP contribution in [0.1, 0.15) is 47.2 Å². The maximum Gasteiger partial charge on any atom is 0.220 e. The number of nitrogens with one attached hydrogen (secondary N) is 1. The quantitative estimate of drug-likeness (QED) is 0.430. The molecule has 0 saturated carbocycles. The minimum Gasteiger partial charge on any atom is -0.352 e. The van der Waals surface area contributed by atoms with Crippen molar-refractivity contribution in [2.75, 3.05) is 0 Å². The molecule has 28 heavy (non-hydrogen) atoms. The van der Waals surface area contributed by atoms with Gasteiger partial charge in [0.25, 0.3) is 0 Å². The molecule has 3 aromatic rings. The van der Waals surface area contributed by atoms with Crippen LogP contribution < -0.4 is 5.32 Å². The largest absolute Gasteiger partial charge is 0.352 e. The molecule has 0 aliphatic carbocycles. The van der Waals surface area contributed by atoms with Crippen LogP contribution >= 0.6 is 0 Å². The first-order valence-electron chi connectivity index (χ1n) is 9.59. The van der Waals surface area contributed by atoms with Gasteiger partial charge in [0.1, 0.15) is 0 Å². The Labute approximate surface area is 165 Å². The molecule has 1 N–H and O–H groups in total. The summed E-state index contributed by atoms with van der Waals surface area (Å²) in [7, 11) is 0. The number of carbonyl (C=O) groups is 2. The summed E-state index contributed by atoms with van der Waals surface area (Å²) in [6.45, 7) is 1.31. The Bertz CT molecular complexity index is 872. The third-order valence-electron chi connectivity index (χ3n) is 4.59. The average Bonchev–Trinajstić information content (AvgIpc) is 3.24. The second-order valence-electron chi connectivity index (χ2n) is 6.82. The molecule has 0 unspecified atom stereocenters. The van der Waals surface area contributed by atoms with Gasteiger partial charge in [-0.2, -0.15) is 0 Å². The summed E-state index contributed by atoms with van der Waals surface area (Å²) >= 11 is 0. The molecule has 0 aliphatic heterocycles. The van der Waals surface area contributed by atoms with Crippen LogP contribution in [0.2, 0.25) is 0 Å². The topological polar surface area (TPSA) is 64.0 Å². The smallest absolute Gasteiger partial charge is 0.220 e. The molecular formula is C23H25N3O2. The summed E-state index contributed by atoms with van der Waals surface area (Å²) in [6, 6.07) is 17.5. The first-order chi connectivity index (χ1) is 13.7. The van der Waals surface area contributed by atoms with Crippen molar-refractivity contribution in [3.63, 3.8) is 0 Å². The minimum absolute atomic E-state index is 0.0228. The molecule has 0 atom stereocenters. The van der Waals surface area contributed by atoms with Gasteiger partial charge in [-0.15, -0.1) is 0 Å². The zero-order valence-corrected chi connectivity index (χ0v) is 15.9. The Hall–Kier alpha value is -3.21. The molecule has 3 rings (SSSR count). The van der Waals surface area contributed by atoms with E-state index in [1.165, 1.54) is 5.56 Å². The first kappa shape index (κ1) is 19.5. The number of imidazole rings is 1. The number of benzene rings is 2. The summed E-state index contributed by atoms with van der Waals surface area (Å²) < 4.78 is 2.01. The fourth-order valence-electron chi connectivity index (χ4n) is 2.98. The average molecular weight is 375 g/mol. The molecule has 0 spiro atoms. The van der Waals surface area contributed by atoms with E-state index in [2.05, 4.69) is 22.4 Å². The summed E-state index contributed by atoms with van der Waals surface area (Å²) in [4.78, 5) is 28.1. The van der Waals surface area contributed by atoms with Crippen molar-refractivity contribution >= 4 is 11.7 Å². The zero-order valence-electron chi connectivity index (χ0n) is 15.9. The standard InChI is InChI=1S/C23H25N3O2/c27-22(21-6-2-1-3-7-21)8-4-5-9-23(28)25-16-19-10-12-20(13-11-19)17-26-15-14-24-18-26/h1-3,6-7,10-15,18H,4-5,8-9,16-17H2,(H,25,28). The van der Waals surface area contributed by atoms with Gasteiger partial charge in [-0.25, -0.2) is 4.98 Å². The second-order valence-corrected chi connectivity index (χ2v) is 6.82. The Morgan fingerprint density at radius 2 is 1.61 bits per heavy atom. The Balaban J connectivity index is 1.32. The summed E-state index contributed by atoms with van der Waals surface area (Å²) in [5, 5.41) is 2.94. The Morgan fingerprint density at radius 3 is 2.32 bits per heavy atom. The van der Waals surface area contributed by atoms with E-state index >= 15 is 0 Å². The van der Waals surface area contributed by atoms with Gasteiger partial charge in [0.15, 0.2) is 5.78 Å². The van der Waals surface area contributed by atoms with Crippen LogP contribution in [0, 0.1) is 0 Å². The van der Waals surface area contributed by atoms with Crippen molar-refractivity contribution < 1.29 is 9.59 Å². The number of carbonyl (C=O) groups excluding carboxylic acids is 2. The molecule has 0 radical (unpaired) electrons. The van der Waals surface area contributed by atoms with Gasteiger partial charge in [0, 0.05) is 43.9 Å². The molecular weight excluding hydrogens is 350 g/mol. The van der Waals surface area contributed by atoms with Gasteiger partial charge < -0.3 is 9.88 Å². The highest BCUT2D eigenvalue weighted by molar-refractivity contribution is 5.95. The van der Waals surface area contributed by atoms with E-state index in [1.54, 1.807) is 12.5 Å². The lowest BCUT2D eigenvalue weighted by Crippen LogP contribution is -2.22. The van der Waals surface area contributed by atoms with Crippen molar-refractivity contribution in [3.05, 3.63) is 90.0 Å². The van der Waals surface area contributed by atoms with Crippen molar-refractivity contribution in [2.24, 2.45) is 0 Å². The van der Waals surface area contributed by atoms with Crippen LogP contribution in [-0.4, -0.2) is 21.2 Å². The number of unbranched alkanes of at least 4 members (excludes halogenated alkanes) is 1. The summed E-state index contributed by atoms with van der Waals surface area (Å²) in [6.07, 6.45) is 7.86. The highest BCUT2D eigenvalue weighted by Crippen LogP contribution is 2.09. The highest BCUT2D eigenvalue weighted by atomic mass is 16.1. The van der Waals surface area contributed by atoms with Crippen LogP contribution in [0.5, 0.6) is 0 Å². The lowest BCUT2D eigenvalue weighted by molar-refractivity contribution is -0.121. The second kappa shape index (κ2) is 10.2. The monoisotopic (exact) mass is 375 g/mol. The van der Waals surface area contributed by atoms with E-state index in [1.807, 2.05) is 53.2 Å². The Kier molecular flexibility index (Phi) is 7.13. The van der Waals surface area contributed by atoms with E-state index in [0.717, 1.165) is 24.1 Å². The molecule has 1 amide bonds. The van der Waals surface area contributed by atoms with Gasteiger partial charge in [-0.3, -0.25) is 9.59 Å². The van der Waals surface area contributed by atoms with E-state index in [4.69, 9.17) is 0 Å². The lowest BCUT2D eigenvalue weighted by Gasteiger charge is -2.07. The number of hydrogen-bond donors (Lipinski definition) is 1. The third-order valence-corrected chi connectivity index (χ3v) is 4.59. The van der Waals surface area contributed by atoms with Gasteiger partial charge in [0.05, 0.1) is 6.33 Å². The fourth-order valence-corrected chi connectivity index (χ4v) is 2.98. The summed E-state index contributed by atoms with van der Waals surface area (Å²) in [5.74, 6) is 0.159. The van der Waals surface area contributed by atoms with Gasteiger partial charge in [0.2, 0.25) is 5.91 Å². The molecule has 5 heteroatoms. The Morgan fingerprint density at radius 1 is 0.893 bits per heavy atom. The van der Waals surface area contributed by atoms with Gasteiger partial charge >= 0.3 is 0 Å². The van der Waals surface area contributed by atoms with Crippen LogP contribution in [0.3, 0.4) is 0 Å². The van der Waals surface area contributed by atoms with Crippen LogP contribution in [0.15, 0.2) is 73.3 Å².